The number of rotatable bonds is 4. The second-order valence-electron chi connectivity index (χ2n) is 3.15. The summed E-state index contributed by atoms with van der Waals surface area (Å²) in [7, 11) is -4.23. The summed E-state index contributed by atoms with van der Waals surface area (Å²) in [5.41, 5.74) is 0. The van der Waals surface area contributed by atoms with Gasteiger partial charge < -0.3 is 10.9 Å². The molecule has 6 nitrogen and oxygen atoms in total. The van der Waals surface area contributed by atoms with Crippen LogP contribution in [0.15, 0.2) is 29.2 Å². The molecule has 1 N–H and O–H groups in total. The van der Waals surface area contributed by atoms with Crippen LogP contribution in [0.4, 0.5) is 4.79 Å². The van der Waals surface area contributed by atoms with Gasteiger partial charge in [-0.2, -0.15) is 8.42 Å². The van der Waals surface area contributed by atoms with Crippen LogP contribution in [0.5, 0.6) is 5.75 Å². The van der Waals surface area contributed by atoms with E-state index in [4.69, 9.17) is 9.29 Å². The third-order valence-corrected chi connectivity index (χ3v) is 2.61. The molecule has 0 aliphatic heterocycles. The summed E-state index contributed by atoms with van der Waals surface area (Å²) in [4.78, 5) is 10.8. The zero-order valence-electron chi connectivity index (χ0n) is 11.1. The molecule has 0 spiro atoms. The van der Waals surface area contributed by atoms with Crippen LogP contribution in [0.25, 0.3) is 0 Å². The van der Waals surface area contributed by atoms with E-state index < -0.39 is 16.3 Å². The van der Waals surface area contributed by atoms with Crippen molar-refractivity contribution in [3.63, 3.8) is 0 Å². The van der Waals surface area contributed by atoms with Gasteiger partial charge in [-0.15, -0.1) is 0 Å². The minimum absolute atomic E-state index is 0. The first-order valence-corrected chi connectivity index (χ1v) is 6.29. The predicted octanol–water partition coefficient (Wildman–Crippen LogP) is -1.02. The Morgan fingerprint density at radius 3 is 2.33 bits per heavy atom. The molecule has 8 heteroatoms. The average Bonchev–Trinajstić information content (AvgIpc) is 2.26. The Morgan fingerprint density at radius 2 is 1.89 bits per heavy atom. The molecule has 1 aromatic carbocycles. The van der Waals surface area contributed by atoms with Gasteiger partial charge in [-0.05, 0) is 30.7 Å². The molecule has 0 saturated heterocycles. The molecular formula is C10H13NaO6S. The number of hydrogen-bond donors (Lipinski definition) is 1. The first-order chi connectivity index (χ1) is 7.93. The van der Waals surface area contributed by atoms with E-state index in [9.17, 15) is 13.2 Å². The van der Waals surface area contributed by atoms with Crippen LogP contribution in [0, 0.1) is 0 Å². The third-order valence-electron chi connectivity index (χ3n) is 1.75. The maximum Gasteiger partial charge on any atom is 1.00 e. The molecule has 0 aliphatic carbocycles. The minimum atomic E-state index is -4.23. The number of ether oxygens (including phenoxy) is 2. The number of carbonyl (C=O) groups is 1. The second-order valence-corrected chi connectivity index (χ2v) is 4.57. The molecule has 1 aromatic rings. The molecule has 0 heterocycles. The molecule has 0 radical (unpaired) electrons. The molecule has 0 bridgehead atoms. The van der Waals surface area contributed by atoms with Crippen molar-refractivity contribution >= 4 is 16.3 Å². The standard InChI is InChI=1S/C10H12O6S.Na.H/c1-2-7-15-10(11)16-8-3-5-9(6-4-8)17(12,13)14;;/h3-6H,2,7H2,1H3,(H,12,13,14);;/q;+1;-1. The van der Waals surface area contributed by atoms with E-state index in [1.54, 1.807) is 0 Å². The number of carbonyl (C=O) groups excluding carboxylic acids is 1. The minimum Gasteiger partial charge on any atom is -1.00 e. The van der Waals surface area contributed by atoms with Gasteiger partial charge in [0.2, 0.25) is 0 Å². The molecule has 0 atom stereocenters. The number of hydrogen-bond acceptors (Lipinski definition) is 5. The molecule has 0 amide bonds. The Morgan fingerprint density at radius 1 is 1.33 bits per heavy atom. The van der Waals surface area contributed by atoms with Crippen LogP contribution in [0.2, 0.25) is 0 Å². The monoisotopic (exact) mass is 284 g/mol. The van der Waals surface area contributed by atoms with Crippen LogP contribution < -0.4 is 34.3 Å². The van der Waals surface area contributed by atoms with Gasteiger partial charge in [0.25, 0.3) is 10.1 Å². The van der Waals surface area contributed by atoms with Gasteiger partial charge in [0.15, 0.2) is 0 Å². The molecule has 0 aromatic heterocycles. The molecule has 0 saturated carbocycles. The molecule has 0 fully saturated rings. The SMILES string of the molecule is CCCOC(=O)Oc1ccc(S(=O)(=O)O)cc1.[H-].[Na+]. The largest absolute Gasteiger partial charge is 1.00 e. The van der Waals surface area contributed by atoms with E-state index in [1.165, 1.54) is 12.1 Å². The van der Waals surface area contributed by atoms with Crippen molar-refractivity contribution in [2.24, 2.45) is 0 Å². The molecular weight excluding hydrogens is 271 g/mol. The van der Waals surface area contributed by atoms with Crippen molar-refractivity contribution in [1.82, 2.24) is 0 Å². The molecule has 1 rings (SSSR count). The van der Waals surface area contributed by atoms with E-state index in [0.717, 1.165) is 12.1 Å². The normalized spacial score (nSPS) is 10.3. The van der Waals surface area contributed by atoms with Crippen LogP contribution in [0.3, 0.4) is 0 Å². The quantitative estimate of drug-likeness (QED) is 0.329. The van der Waals surface area contributed by atoms with E-state index >= 15 is 0 Å². The summed E-state index contributed by atoms with van der Waals surface area (Å²) in [6.07, 6.45) is -0.178. The van der Waals surface area contributed by atoms with Crippen molar-refractivity contribution in [3.05, 3.63) is 24.3 Å². The van der Waals surface area contributed by atoms with Gasteiger partial charge in [-0.3, -0.25) is 4.55 Å². The Hall–Kier alpha value is -0.600. The zero-order chi connectivity index (χ0) is 12.9. The van der Waals surface area contributed by atoms with Gasteiger partial charge in [0, 0.05) is 0 Å². The van der Waals surface area contributed by atoms with Gasteiger partial charge in [0.1, 0.15) is 5.75 Å². The van der Waals surface area contributed by atoms with Crippen molar-refractivity contribution in [3.8, 4) is 5.75 Å². The fourth-order valence-corrected chi connectivity index (χ4v) is 1.47. The van der Waals surface area contributed by atoms with Crippen molar-refractivity contribution in [2.45, 2.75) is 18.2 Å². The number of benzene rings is 1. The van der Waals surface area contributed by atoms with Crippen molar-refractivity contribution in [1.29, 1.82) is 0 Å². The molecule has 96 valence electrons. The van der Waals surface area contributed by atoms with E-state index in [2.05, 4.69) is 4.74 Å². The molecule has 0 aliphatic rings. The summed E-state index contributed by atoms with van der Waals surface area (Å²) in [5.74, 6) is 0.138. The van der Waals surface area contributed by atoms with Crippen LogP contribution >= 0.6 is 0 Å². The Bertz CT molecular complexity index is 487. The molecule has 0 unspecified atom stereocenters. The van der Waals surface area contributed by atoms with Crippen LogP contribution in [-0.4, -0.2) is 25.7 Å². The third kappa shape index (κ3) is 5.83. The fraction of sp³-hybridized carbons (Fsp3) is 0.300. The smallest absolute Gasteiger partial charge is 1.00 e. The van der Waals surface area contributed by atoms with Gasteiger partial charge in [-0.1, -0.05) is 6.92 Å². The Balaban J connectivity index is 0. The van der Waals surface area contributed by atoms with E-state index in [-0.39, 0.29) is 48.2 Å². The van der Waals surface area contributed by atoms with Crippen molar-refractivity contribution < 1.29 is 58.2 Å². The van der Waals surface area contributed by atoms with Gasteiger partial charge in [0.05, 0.1) is 11.5 Å². The Kier molecular flexibility index (Phi) is 7.49. The van der Waals surface area contributed by atoms with E-state index in [0.29, 0.717) is 6.42 Å². The summed E-state index contributed by atoms with van der Waals surface area (Å²) < 4.78 is 39.6. The maximum absolute atomic E-state index is 11.0. The second kappa shape index (κ2) is 7.75. The molecule has 18 heavy (non-hydrogen) atoms. The first kappa shape index (κ1) is 17.4. The first-order valence-electron chi connectivity index (χ1n) is 4.85. The average molecular weight is 284 g/mol. The predicted molar refractivity (Wildman–Crippen MR) is 59.6 cm³/mol. The zero-order valence-corrected chi connectivity index (χ0v) is 12.9. The summed E-state index contributed by atoms with van der Waals surface area (Å²) in [6, 6.07) is 4.74. The van der Waals surface area contributed by atoms with E-state index in [1.807, 2.05) is 6.92 Å². The summed E-state index contributed by atoms with van der Waals surface area (Å²) >= 11 is 0. The van der Waals surface area contributed by atoms with Crippen LogP contribution in [0.1, 0.15) is 14.8 Å². The summed E-state index contributed by atoms with van der Waals surface area (Å²) in [6.45, 7) is 2.09. The maximum atomic E-state index is 11.0. The van der Waals surface area contributed by atoms with Gasteiger partial charge in [-0.25, -0.2) is 4.79 Å². The van der Waals surface area contributed by atoms with Crippen LogP contribution in [-0.2, 0) is 14.9 Å². The van der Waals surface area contributed by atoms with Gasteiger partial charge >= 0.3 is 35.7 Å². The van der Waals surface area contributed by atoms with Crippen molar-refractivity contribution in [2.75, 3.05) is 6.61 Å². The Labute approximate surface area is 129 Å². The topological polar surface area (TPSA) is 89.9 Å². The summed E-state index contributed by atoms with van der Waals surface area (Å²) in [5, 5.41) is 0. The fourth-order valence-electron chi connectivity index (χ4n) is 0.991.